The maximum absolute atomic E-state index is 11.9. The summed E-state index contributed by atoms with van der Waals surface area (Å²) in [6.07, 6.45) is 1.59. The summed E-state index contributed by atoms with van der Waals surface area (Å²) in [4.78, 5) is 27.5. The molecule has 0 atom stereocenters. The van der Waals surface area contributed by atoms with Gasteiger partial charge in [0.2, 0.25) is 11.8 Å². The van der Waals surface area contributed by atoms with Crippen LogP contribution in [0.4, 0.5) is 16.2 Å². The van der Waals surface area contributed by atoms with E-state index in [-0.39, 0.29) is 17.7 Å². The molecule has 1 heterocycles. The van der Waals surface area contributed by atoms with Crippen molar-refractivity contribution in [3.05, 3.63) is 48.6 Å². The number of urea groups is 1. The third-order valence-electron chi connectivity index (χ3n) is 2.87. The average molecular weight is 361 g/mol. The van der Waals surface area contributed by atoms with E-state index < -0.39 is 0 Å². The van der Waals surface area contributed by atoms with Crippen LogP contribution in [0, 0.1) is 6.92 Å². The fourth-order valence-corrected chi connectivity index (χ4v) is 2.47. The minimum Gasteiger partial charge on any atom is -0.340 e. The van der Waals surface area contributed by atoms with E-state index in [0.29, 0.717) is 35.4 Å². The number of amides is 3. The molecule has 0 unspecified atom stereocenters. The van der Waals surface area contributed by atoms with Crippen LogP contribution in [-0.4, -0.2) is 34.4 Å². The number of carbonyl (C=O) groups excluding carboxylic acids is 2. The van der Waals surface area contributed by atoms with Crippen molar-refractivity contribution in [1.82, 2.24) is 15.5 Å². The zero-order chi connectivity index (χ0) is 18.1. The molecule has 2 rings (SSSR count). The number of thioether (sulfide) groups is 1. The number of hydrogen-bond donors (Lipinski definition) is 3. The van der Waals surface area contributed by atoms with Gasteiger partial charge in [0.1, 0.15) is 0 Å². The Labute approximate surface area is 149 Å². The molecule has 25 heavy (non-hydrogen) atoms. The highest BCUT2D eigenvalue weighted by Gasteiger charge is 2.07. The van der Waals surface area contributed by atoms with Crippen LogP contribution in [0.2, 0.25) is 0 Å². The molecule has 0 aliphatic rings. The molecule has 8 nitrogen and oxygen atoms in total. The molecule has 0 saturated heterocycles. The number of nitrogens with zero attached hydrogens (tertiary/aromatic N) is 2. The van der Waals surface area contributed by atoms with Crippen LogP contribution in [0.1, 0.15) is 11.7 Å². The van der Waals surface area contributed by atoms with Crippen LogP contribution in [0.15, 0.2) is 41.4 Å². The van der Waals surface area contributed by atoms with E-state index in [0.717, 1.165) is 0 Å². The van der Waals surface area contributed by atoms with E-state index >= 15 is 0 Å². The zero-order valence-electron chi connectivity index (χ0n) is 13.7. The molecule has 0 aliphatic heterocycles. The first-order valence-corrected chi connectivity index (χ1v) is 8.65. The van der Waals surface area contributed by atoms with Gasteiger partial charge in [-0.2, -0.15) is 4.98 Å². The van der Waals surface area contributed by atoms with Gasteiger partial charge in [-0.25, -0.2) is 4.79 Å². The van der Waals surface area contributed by atoms with Crippen molar-refractivity contribution in [1.29, 1.82) is 0 Å². The second kappa shape index (κ2) is 9.48. The Morgan fingerprint density at radius 3 is 2.52 bits per heavy atom. The number of rotatable bonds is 8. The summed E-state index contributed by atoms with van der Waals surface area (Å²) >= 11 is 1.40. The van der Waals surface area contributed by atoms with Crippen LogP contribution in [0.5, 0.6) is 0 Å². The molecular weight excluding hydrogens is 342 g/mol. The van der Waals surface area contributed by atoms with E-state index in [1.807, 2.05) is 0 Å². The lowest BCUT2D eigenvalue weighted by molar-refractivity contribution is -0.113. The van der Waals surface area contributed by atoms with Crippen molar-refractivity contribution >= 4 is 35.1 Å². The molecule has 3 amide bonds. The Hall–Kier alpha value is -2.81. The monoisotopic (exact) mass is 361 g/mol. The molecule has 0 bridgehead atoms. The molecule has 0 fully saturated rings. The van der Waals surface area contributed by atoms with Gasteiger partial charge in [0, 0.05) is 24.8 Å². The molecule has 1 aromatic carbocycles. The van der Waals surface area contributed by atoms with Gasteiger partial charge in [-0.05, 0) is 24.3 Å². The lowest BCUT2D eigenvalue weighted by Gasteiger charge is -2.08. The Morgan fingerprint density at radius 2 is 1.92 bits per heavy atom. The standard InChI is InChI=1S/C16H19N5O3S/c1-3-8-17-16(23)20-13-6-4-12(5-7-13)19-15(22)10-25-9-14-18-11(2)24-21-14/h3-7H,1,8-10H2,2H3,(H,19,22)(H2,17,20,23). The average Bonchev–Trinajstić information content (AvgIpc) is 3.00. The smallest absolute Gasteiger partial charge is 0.319 e. The fourth-order valence-electron chi connectivity index (χ4n) is 1.81. The topological polar surface area (TPSA) is 109 Å². The van der Waals surface area contributed by atoms with Gasteiger partial charge in [0.05, 0.1) is 11.5 Å². The number of nitrogens with one attached hydrogen (secondary N) is 3. The summed E-state index contributed by atoms with van der Waals surface area (Å²) in [5.74, 6) is 1.73. The van der Waals surface area contributed by atoms with Gasteiger partial charge in [0.25, 0.3) is 0 Å². The normalized spacial score (nSPS) is 10.1. The molecule has 3 N–H and O–H groups in total. The number of aromatic nitrogens is 2. The summed E-state index contributed by atoms with van der Waals surface area (Å²) in [5, 5.41) is 11.8. The lowest BCUT2D eigenvalue weighted by atomic mass is 10.3. The number of aryl methyl sites for hydroxylation is 1. The van der Waals surface area contributed by atoms with Crippen molar-refractivity contribution in [3.63, 3.8) is 0 Å². The highest BCUT2D eigenvalue weighted by atomic mass is 32.2. The zero-order valence-corrected chi connectivity index (χ0v) is 14.6. The first-order chi connectivity index (χ1) is 12.1. The minimum absolute atomic E-state index is 0.130. The molecule has 2 aromatic rings. The molecule has 0 saturated carbocycles. The van der Waals surface area contributed by atoms with E-state index in [1.54, 1.807) is 37.3 Å². The van der Waals surface area contributed by atoms with Gasteiger partial charge in [-0.15, -0.1) is 18.3 Å². The van der Waals surface area contributed by atoms with E-state index in [4.69, 9.17) is 4.52 Å². The van der Waals surface area contributed by atoms with E-state index in [2.05, 4.69) is 32.7 Å². The number of carbonyl (C=O) groups is 2. The van der Waals surface area contributed by atoms with Crippen LogP contribution >= 0.6 is 11.8 Å². The van der Waals surface area contributed by atoms with Crippen LogP contribution in [0.3, 0.4) is 0 Å². The summed E-state index contributed by atoms with van der Waals surface area (Å²) in [5.41, 5.74) is 1.28. The van der Waals surface area contributed by atoms with Crippen molar-refractivity contribution in [2.45, 2.75) is 12.7 Å². The molecule has 132 valence electrons. The summed E-state index contributed by atoms with van der Waals surface area (Å²) < 4.78 is 4.86. The van der Waals surface area contributed by atoms with Crippen molar-refractivity contribution < 1.29 is 14.1 Å². The first kappa shape index (κ1) is 18.5. The predicted octanol–water partition coefficient (Wildman–Crippen LogP) is 2.56. The quantitative estimate of drug-likeness (QED) is 0.624. The van der Waals surface area contributed by atoms with Gasteiger partial charge >= 0.3 is 6.03 Å². The van der Waals surface area contributed by atoms with Crippen molar-refractivity contribution in [2.75, 3.05) is 22.9 Å². The van der Waals surface area contributed by atoms with Crippen LogP contribution < -0.4 is 16.0 Å². The Morgan fingerprint density at radius 1 is 1.24 bits per heavy atom. The molecule has 9 heteroatoms. The highest BCUT2D eigenvalue weighted by molar-refractivity contribution is 7.99. The maximum Gasteiger partial charge on any atom is 0.319 e. The Bertz CT molecular complexity index is 730. The van der Waals surface area contributed by atoms with E-state index in [9.17, 15) is 9.59 Å². The minimum atomic E-state index is -0.315. The van der Waals surface area contributed by atoms with Crippen LogP contribution in [-0.2, 0) is 10.5 Å². The highest BCUT2D eigenvalue weighted by Crippen LogP contribution is 2.15. The first-order valence-electron chi connectivity index (χ1n) is 7.49. The fraction of sp³-hybridized carbons (Fsp3) is 0.250. The molecule has 0 aliphatic carbocycles. The number of hydrogen-bond acceptors (Lipinski definition) is 6. The second-order valence-corrected chi connectivity index (χ2v) is 5.96. The third-order valence-corrected chi connectivity index (χ3v) is 3.80. The Balaban J connectivity index is 1.73. The van der Waals surface area contributed by atoms with Crippen LogP contribution in [0.25, 0.3) is 0 Å². The van der Waals surface area contributed by atoms with Gasteiger partial charge in [0.15, 0.2) is 5.82 Å². The van der Waals surface area contributed by atoms with Crippen molar-refractivity contribution in [3.8, 4) is 0 Å². The summed E-state index contributed by atoms with van der Waals surface area (Å²) in [6, 6.07) is 6.53. The number of benzene rings is 1. The van der Waals surface area contributed by atoms with Gasteiger partial charge < -0.3 is 20.5 Å². The lowest BCUT2D eigenvalue weighted by Crippen LogP contribution is -2.28. The number of anilines is 2. The molecule has 1 aromatic heterocycles. The van der Waals surface area contributed by atoms with Crippen molar-refractivity contribution in [2.24, 2.45) is 0 Å². The molecule has 0 radical (unpaired) electrons. The maximum atomic E-state index is 11.9. The third kappa shape index (κ3) is 6.68. The summed E-state index contributed by atoms with van der Waals surface area (Å²) in [6.45, 7) is 5.63. The second-order valence-electron chi connectivity index (χ2n) is 4.97. The molecule has 0 spiro atoms. The Kier molecular flexibility index (Phi) is 7.02. The largest absolute Gasteiger partial charge is 0.340 e. The summed E-state index contributed by atoms with van der Waals surface area (Å²) in [7, 11) is 0. The predicted molar refractivity (Wildman–Crippen MR) is 97.5 cm³/mol. The van der Waals surface area contributed by atoms with E-state index in [1.165, 1.54) is 11.8 Å². The molecular formula is C16H19N5O3S. The SMILES string of the molecule is C=CCNC(=O)Nc1ccc(NC(=O)CSCc2noc(C)n2)cc1. The van der Waals surface area contributed by atoms with Gasteiger partial charge in [-0.3, -0.25) is 4.79 Å². The van der Waals surface area contributed by atoms with Gasteiger partial charge in [-0.1, -0.05) is 11.2 Å².